The number of hydrogen-bond donors (Lipinski definition) is 1. The predicted octanol–water partition coefficient (Wildman–Crippen LogP) is 2.71. The summed E-state index contributed by atoms with van der Waals surface area (Å²) < 4.78 is 5.31. The summed E-state index contributed by atoms with van der Waals surface area (Å²) in [5.41, 5.74) is -0.517. The molecule has 0 aromatic heterocycles. The van der Waals surface area contributed by atoms with Crippen LogP contribution in [0.15, 0.2) is 0 Å². The number of carbonyl (C=O) groups is 1. The lowest BCUT2D eigenvalue weighted by Gasteiger charge is -2.32. The van der Waals surface area contributed by atoms with Crippen LogP contribution in [0, 0.1) is 0 Å². The molecule has 0 saturated heterocycles. The van der Waals surface area contributed by atoms with Gasteiger partial charge in [-0.2, -0.15) is 0 Å². The van der Waals surface area contributed by atoms with Crippen LogP contribution >= 0.6 is 0 Å². The molecule has 1 N–H and O–H groups in total. The largest absolute Gasteiger partial charge is 0.465 e. The maximum Gasteiger partial charge on any atom is 0.326 e. The van der Waals surface area contributed by atoms with E-state index in [-0.39, 0.29) is 5.97 Å². The maximum absolute atomic E-state index is 12.3. The maximum atomic E-state index is 12.3. The first-order chi connectivity index (χ1) is 10.1. The van der Waals surface area contributed by atoms with E-state index in [0.29, 0.717) is 12.6 Å². The molecule has 1 atom stereocenters. The second-order valence-electron chi connectivity index (χ2n) is 6.84. The molecule has 0 aromatic carbocycles. The summed E-state index contributed by atoms with van der Waals surface area (Å²) in [6.45, 7) is 8.77. The second kappa shape index (κ2) is 7.59. The van der Waals surface area contributed by atoms with E-state index in [0.717, 1.165) is 19.0 Å². The Hall–Kier alpha value is -0.610. The Labute approximate surface area is 129 Å². The van der Waals surface area contributed by atoms with Crippen molar-refractivity contribution < 1.29 is 9.53 Å². The Morgan fingerprint density at radius 1 is 1.24 bits per heavy atom. The van der Waals surface area contributed by atoms with Gasteiger partial charge in [0.15, 0.2) is 0 Å². The van der Waals surface area contributed by atoms with Crippen molar-refractivity contribution in [2.24, 2.45) is 0 Å². The van der Waals surface area contributed by atoms with Crippen molar-refractivity contribution in [2.75, 3.05) is 19.7 Å². The van der Waals surface area contributed by atoms with Crippen LogP contribution in [0.5, 0.6) is 0 Å². The first kappa shape index (κ1) is 16.8. The molecular formula is C17H32N2O2. The van der Waals surface area contributed by atoms with Gasteiger partial charge in [-0.3, -0.25) is 10.1 Å². The van der Waals surface area contributed by atoms with Gasteiger partial charge < -0.3 is 9.64 Å². The fourth-order valence-corrected chi connectivity index (χ4v) is 2.85. The van der Waals surface area contributed by atoms with Crippen LogP contribution in [0.3, 0.4) is 0 Å². The lowest BCUT2D eigenvalue weighted by Crippen LogP contribution is -2.53. The summed E-state index contributed by atoms with van der Waals surface area (Å²) in [5, 5.41) is 3.52. The molecule has 2 aliphatic carbocycles. The van der Waals surface area contributed by atoms with E-state index < -0.39 is 5.54 Å². The van der Waals surface area contributed by atoms with Crippen molar-refractivity contribution in [3.63, 3.8) is 0 Å². The zero-order valence-corrected chi connectivity index (χ0v) is 14.0. The summed E-state index contributed by atoms with van der Waals surface area (Å²) in [4.78, 5) is 14.9. The van der Waals surface area contributed by atoms with Crippen molar-refractivity contribution >= 4 is 5.97 Å². The van der Waals surface area contributed by atoms with Gasteiger partial charge >= 0.3 is 5.97 Å². The Bertz CT molecular complexity index is 340. The summed E-state index contributed by atoms with van der Waals surface area (Å²) in [7, 11) is 0. The lowest BCUT2D eigenvalue weighted by atomic mass is 9.97. The minimum atomic E-state index is -0.517. The van der Waals surface area contributed by atoms with E-state index in [4.69, 9.17) is 4.74 Å². The van der Waals surface area contributed by atoms with Crippen molar-refractivity contribution in [3.05, 3.63) is 0 Å². The third-order valence-corrected chi connectivity index (χ3v) is 4.59. The first-order valence-electron chi connectivity index (χ1n) is 8.78. The van der Waals surface area contributed by atoms with Crippen molar-refractivity contribution in [1.29, 1.82) is 0 Å². The molecule has 4 nitrogen and oxygen atoms in total. The molecule has 0 aliphatic heterocycles. The van der Waals surface area contributed by atoms with Gasteiger partial charge in [-0.15, -0.1) is 0 Å². The van der Waals surface area contributed by atoms with Crippen LogP contribution in [0.4, 0.5) is 0 Å². The Morgan fingerprint density at radius 3 is 2.48 bits per heavy atom. The Balaban J connectivity index is 1.88. The van der Waals surface area contributed by atoms with Crippen LogP contribution in [0.2, 0.25) is 0 Å². The number of carbonyl (C=O) groups excluding carboxylic acids is 1. The minimum Gasteiger partial charge on any atom is -0.465 e. The van der Waals surface area contributed by atoms with Crippen molar-refractivity contribution in [2.45, 2.75) is 83.3 Å². The highest BCUT2D eigenvalue weighted by molar-refractivity contribution is 5.80. The number of unbranched alkanes of at least 4 members (excludes halogenated alkanes) is 1. The molecule has 2 aliphatic rings. The number of nitrogens with zero attached hydrogens (tertiary/aromatic N) is 1. The monoisotopic (exact) mass is 296 g/mol. The minimum absolute atomic E-state index is 0.0804. The van der Waals surface area contributed by atoms with E-state index >= 15 is 0 Å². The number of esters is 1. The van der Waals surface area contributed by atoms with Crippen LogP contribution < -0.4 is 5.32 Å². The highest BCUT2D eigenvalue weighted by atomic mass is 16.5. The molecule has 0 radical (unpaired) electrons. The fraction of sp³-hybridized carbons (Fsp3) is 0.941. The van der Waals surface area contributed by atoms with Gasteiger partial charge in [0.05, 0.1) is 6.61 Å². The standard InChI is InChI=1S/C17H32N2O2/c1-4-6-12-19(15-9-10-15)13-11-17(3,16(20)21-5-2)18-14-7-8-14/h14-15,18H,4-13H2,1-3H3. The summed E-state index contributed by atoms with van der Waals surface area (Å²) in [5.74, 6) is -0.0804. The molecule has 4 heteroatoms. The van der Waals surface area contributed by atoms with E-state index in [1.165, 1.54) is 45.1 Å². The molecular weight excluding hydrogens is 264 g/mol. The lowest BCUT2D eigenvalue weighted by molar-refractivity contribution is -0.151. The smallest absolute Gasteiger partial charge is 0.326 e. The molecule has 2 fully saturated rings. The van der Waals surface area contributed by atoms with Crippen LogP contribution in [-0.4, -0.2) is 48.2 Å². The van der Waals surface area contributed by atoms with Crippen LogP contribution in [-0.2, 0) is 9.53 Å². The summed E-state index contributed by atoms with van der Waals surface area (Å²) in [6, 6.07) is 1.29. The molecule has 0 amide bonds. The van der Waals surface area contributed by atoms with Gasteiger partial charge in [0.25, 0.3) is 0 Å². The molecule has 0 aromatic rings. The molecule has 21 heavy (non-hydrogen) atoms. The average molecular weight is 296 g/mol. The van der Waals surface area contributed by atoms with Gasteiger partial charge in [-0.05, 0) is 58.9 Å². The van der Waals surface area contributed by atoms with Gasteiger partial charge in [0, 0.05) is 18.6 Å². The highest BCUT2D eigenvalue weighted by Gasteiger charge is 2.40. The molecule has 0 spiro atoms. The summed E-state index contributed by atoms with van der Waals surface area (Å²) in [6.07, 6.45) is 8.38. The van der Waals surface area contributed by atoms with E-state index in [2.05, 4.69) is 17.1 Å². The highest BCUT2D eigenvalue weighted by Crippen LogP contribution is 2.29. The number of ether oxygens (including phenoxy) is 1. The quantitative estimate of drug-likeness (QED) is 0.595. The Morgan fingerprint density at radius 2 is 1.95 bits per heavy atom. The predicted molar refractivity (Wildman–Crippen MR) is 85.3 cm³/mol. The number of hydrogen-bond acceptors (Lipinski definition) is 4. The van der Waals surface area contributed by atoms with Gasteiger partial charge in [-0.1, -0.05) is 13.3 Å². The average Bonchev–Trinajstić information content (AvgIpc) is 3.33. The molecule has 2 saturated carbocycles. The van der Waals surface area contributed by atoms with Crippen LogP contribution in [0.25, 0.3) is 0 Å². The zero-order valence-electron chi connectivity index (χ0n) is 14.0. The molecule has 2 rings (SSSR count). The fourth-order valence-electron chi connectivity index (χ4n) is 2.85. The third kappa shape index (κ3) is 5.26. The second-order valence-corrected chi connectivity index (χ2v) is 6.84. The topological polar surface area (TPSA) is 41.6 Å². The molecule has 1 unspecified atom stereocenters. The first-order valence-corrected chi connectivity index (χ1v) is 8.78. The SMILES string of the molecule is CCCCN(CCC(C)(NC1CC1)C(=O)OCC)C1CC1. The molecule has 0 bridgehead atoms. The van der Waals surface area contributed by atoms with Gasteiger partial charge in [0.1, 0.15) is 5.54 Å². The Kier molecular flexibility index (Phi) is 6.06. The molecule has 0 heterocycles. The van der Waals surface area contributed by atoms with E-state index in [9.17, 15) is 4.79 Å². The van der Waals surface area contributed by atoms with Crippen LogP contribution in [0.1, 0.15) is 65.7 Å². The normalized spacial score (nSPS) is 21.3. The van der Waals surface area contributed by atoms with Crippen molar-refractivity contribution in [1.82, 2.24) is 10.2 Å². The number of nitrogens with one attached hydrogen (secondary N) is 1. The summed E-state index contributed by atoms with van der Waals surface area (Å²) >= 11 is 0. The van der Waals surface area contributed by atoms with E-state index in [1.807, 2.05) is 13.8 Å². The van der Waals surface area contributed by atoms with Gasteiger partial charge in [0.2, 0.25) is 0 Å². The number of rotatable bonds is 11. The van der Waals surface area contributed by atoms with Gasteiger partial charge in [-0.25, -0.2) is 0 Å². The molecule has 122 valence electrons. The van der Waals surface area contributed by atoms with Crippen molar-refractivity contribution in [3.8, 4) is 0 Å². The van der Waals surface area contributed by atoms with E-state index in [1.54, 1.807) is 0 Å². The zero-order chi connectivity index (χ0) is 15.3. The third-order valence-electron chi connectivity index (χ3n) is 4.59.